The second-order valence-corrected chi connectivity index (χ2v) is 4.63. The lowest BCUT2D eigenvalue weighted by Crippen LogP contribution is -2.42. The van der Waals surface area contributed by atoms with Crippen LogP contribution in [0.15, 0.2) is 24.3 Å². The van der Waals surface area contributed by atoms with Crippen LogP contribution in [0.5, 0.6) is 0 Å². The van der Waals surface area contributed by atoms with Crippen LogP contribution in [-0.4, -0.2) is 28.9 Å². The number of carbonyl (C=O) groups excluding carboxylic acids is 1. The molecule has 19 heavy (non-hydrogen) atoms. The number of amides is 2. The van der Waals surface area contributed by atoms with Gasteiger partial charge in [-0.1, -0.05) is 12.1 Å². The number of hydrogen-bond acceptors (Lipinski definition) is 3. The summed E-state index contributed by atoms with van der Waals surface area (Å²) in [4.78, 5) is 23.7. The van der Waals surface area contributed by atoms with Crippen LogP contribution in [-0.2, 0) is 6.54 Å². The highest BCUT2D eigenvalue weighted by Gasteiger charge is 2.15. The molecule has 2 rings (SSSR count). The fourth-order valence-electron chi connectivity index (χ4n) is 2.12. The van der Waals surface area contributed by atoms with E-state index in [2.05, 4.69) is 5.32 Å². The molecule has 0 radical (unpaired) electrons. The van der Waals surface area contributed by atoms with Gasteiger partial charge < -0.3 is 10.2 Å². The first-order chi connectivity index (χ1) is 9.16. The maximum absolute atomic E-state index is 11.9. The Labute approximate surface area is 111 Å². The topological polar surface area (TPSA) is 75.5 Å². The number of likely N-dealkylation sites (tertiary alicyclic amines) is 1. The standard InChI is InChI=1S/C13H17N3O3/c17-13(15-8-2-1-3-9-15)14-10-11-4-6-12(7-5-11)16(18)19/h4-7H,1-3,8-10H2,(H,14,17). The molecule has 0 aliphatic carbocycles. The Kier molecular flexibility index (Phi) is 4.33. The van der Waals surface area contributed by atoms with Crippen molar-refractivity contribution in [3.63, 3.8) is 0 Å². The quantitative estimate of drug-likeness (QED) is 0.671. The van der Waals surface area contributed by atoms with Crippen LogP contribution in [0.4, 0.5) is 10.5 Å². The van der Waals surface area contributed by atoms with Crippen LogP contribution in [0.2, 0.25) is 0 Å². The zero-order valence-corrected chi connectivity index (χ0v) is 10.7. The molecule has 1 aromatic carbocycles. The maximum Gasteiger partial charge on any atom is 0.317 e. The Morgan fingerprint density at radius 1 is 1.21 bits per heavy atom. The summed E-state index contributed by atoms with van der Waals surface area (Å²) in [6, 6.07) is 6.16. The fourth-order valence-corrected chi connectivity index (χ4v) is 2.12. The summed E-state index contributed by atoms with van der Waals surface area (Å²) in [6.45, 7) is 2.02. The number of nitro groups is 1. The van der Waals surface area contributed by atoms with Crippen molar-refractivity contribution in [3.8, 4) is 0 Å². The molecule has 0 spiro atoms. The van der Waals surface area contributed by atoms with Gasteiger partial charge >= 0.3 is 6.03 Å². The number of non-ortho nitro benzene ring substituents is 1. The lowest BCUT2D eigenvalue weighted by atomic mass is 10.1. The van der Waals surface area contributed by atoms with Gasteiger partial charge in [0.1, 0.15) is 0 Å². The first kappa shape index (κ1) is 13.3. The van der Waals surface area contributed by atoms with Crippen molar-refractivity contribution in [1.29, 1.82) is 0 Å². The lowest BCUT2D eigenvalue weighted by Gasteiger charge is -2.26. The molecule has 0 atom stereocenters. The van der Waals surface area contributed by atoms with Crippen LogP contribution in [0.3, 0.4) is 0 Å². The molecule has 0 aromatic heterocycles. The van der Waals surface area contributed by atoms with E-state index >= 15 is 0 Å². The summed E-state index contributed by atoms with van der Waals surface area (Å²) in [5, 5.41) is 13.3. The van der Waals surface area contributed by atoms with Gasteiger partial charge in [0.2, 0.25) is 0 Å². The highest BCUT2D eigenvalue weighted by Crippen LogP contribution is 2.12. The highest BCUT2D eigenvalue weighted by atomic mass is 16.6. The zero-order valence-electron chi connectivity index (χ0n) is 10.7. The SMILES string of the molecule is O=C(NCc1ccc([N+](=O)[O-])cc1)N1CCCCC1. The van der Waals surface area contributed by atoms with E-state index in [1.807, 2.05) is 4.90 Å². The van der Waals surface area contributed by atoms with Gasteiger partial charge in [-0.25, -0.2) is 4.79 Å². The van der Waals surface area contributed by atoms with Gasteiger partial charge in [0.15, 0.2) is 0 Å². The number of benzene rings is 1. The first-order valence-electron chi connectivity index (χ1n) is 6.43. The molecule has 6 heteroatoms. The van der Waals surface area contributed by atoms with Crippen molar-refractivity contribution in [2.45, 2.75) is 25.8 Å². The summed E-state index contributed by atoms with van der Waals surface area (Å²) < 4.78 is 0. The number of piperidine rings is 1. The van der Waals surface area contributed by atoms with Gasteiger partial charge in [-0.3, -0.25) is 10.1 Å². The molecule has 1 saturated heterocycles. The molecule has 1 heterocycles. The first-order valence-corrected chi connectivity index (χ1v) is 6.43. The number of urea groups is 1. The van der Waals surface area contributed by atoms with E-state index in [0.29, 0.717) is 6.54 Å². The number of nitrogens with zero attached hydrogens (tertiary/aromatic N) is 2. The van der Waals surface area contributed by atoms with Gasteiger partial charge in [0, 0.05) is 31.8 Å². The Bertz CT molecular complexity index is 453. The second kappa shape index (κ2) is 6.17. The van der Waals surface area contributed by atoms with E-state index in [0.717, 1.165) is 31.5 Å². The van der Waals surface area contributed by atoms with Gasteiger partial charge in [0.25, 0.3) is 5.69 Å². The number of rotatable bonds is 3. The Morgan fingerprint density at radius 2 is 1.84 bits per heavy atom. The highest BCUT2D eigenvalue weighted by molar-refractivity contribution is 5.74. The number of carbonyl (C=O) groups is 1. The molecule has 0 unspecified atom stereocenters. The van der Waals surface area contributed by atoms with E-state index < -0.39 is 4.92 Å². The third-order valence-corrected chi connectivity index (χ3v) is 3.23. The minimum atomic E-state index is -0.434. The molecule has 1 aliphatic rings. The van der Waals surface area contributed by atoms with Gasteiger partial charge in [-0.2, -0.15) is 0 Å². The van der Waals surface area contributed by atoms with Crippen LogP contribution in [0.1, 0.15) is 24.8 Å². The second-order valence-electron chi connectivity index (χ2n) is 4.63. The predicted molar refractivity (Wildman–Crippen MR) is 70.8 cm³/mol. The smallest absolute Gasteiger partial charge is 0.317 e. The Balaban J connectivity index is 1.84. The van der Waals surface area contributed by atoms with Crippen molar-refractivity contribution in [2.24, 2.45) is 0 Å². The van der Waals surface area contributed by atoms with E-state index in [4.69, 9.17) is 0 Å². The molecule has 0 bridgehead atoms. The Hall–Kier alpha value is -2.11. The van der Waals surface area contributed by atoms with Crippen molar-refractivity contribution in [2.75, 3.05) is 13.1 Å². The van der Waals surface area contributed by atoms with E-state index in [1.54, 1.807) is 12.1 Å². The lowest BCUT2D eigenvalue weighted by molar-refractivity contribution is -0.384. The average molecular weight is 263 g/mol. The van der Waals surface area contributed by atoms with Crippen LogP contribution in [0, 0.1) is 10.1 Å². The summed E-state index contributed by atoms with van der Waals surface area (Å²) in [5.41, 5.74) is 0.919. The number of hydrogen-bond donors (Lipinski definition) is 1. The molecule has 2 amide bonds. The molecule has 1 N–H and O–H groups in total. The minimum Gasteiger partial charge on any atom is -0.334 e. The molecule has 1 aromatic rings. The largest absolute Gasteiger partial charge is 0.334 e. The molecule has 1 aliphatic heterocycles. The predicted octanol–water partition coefficient (Wildman–Crippen LogP) is 2.29. The molecule has 102 valence electrons. The maximum atomic E-state index is 11.9. The normalized spacial score (nSPS) is 15.1. The van der Waals surface area contributed by atoms with Crippen LogP contribution in [0.25, 0.3) is 0 Å². The molecule has 6 nitrogen and oxygen atoms in total. The molecule has 1 fully saturated rings. The van der Waals surface area contributed by atoms with Crippen molar-refractivity contribution in [1.82, 2.24) is 10.2 Å². The molecular weight excluding hydrogens is 246 g/mol. The van der Waals surface area contributed by atoms with E-state index in [9.17, 15) is 14.9 Å². The Morgan fingerprint density at radius 3 is 2.42 bits per heavy atom. The van der Waals surface area contributed by atoms with Gasteiger partial charge in [0.05, 0.1) is 4.92 Å². The summed E-state index contributed by atoms with van der Waals surface area (Å²) >= 11 is 0. The summed E-state index contributed by atoms with van der Waals surface area (Å²) in [7, 11) is 0. The van der Waals surface area contributed by atoms with Crippen LogP contribution >= 0.6 is 0 Å². The van der Waals surface area contributed by atoms with E-state index in [-0.39, 0.29) is 11.7 Å². The monoisotopic (exact) mass is 263 g/mol. The van der Waals surface area contributed by atoms with Crippen molar-refractivity contribution >= 4 is 11.7 Å². The zero-order chi connectivity index (χ0) is 13.7. The van der Waals surface area contributed by atoms with Crippen molar-refractivity contribution < 1.29 is 9.72 Å². The number of nitrogens with one attached hydrogen (secondary N) is 1. The van der Waals surface area contributed by atoms with E-state index in [1.165, 1.54) is 18.6 Å². The summed E-state index contributed by atoms with van der Waals surface area (Å²) in [6.07, 6.45) is 3.31. The third-order valence-electron chi connectivity index (χ3n) is 3.23. The minimum absolute atomic E-state index is 0.0574. The summed E-state index contributed by atoms with van der Waals surface area (Å²) in [5.74, 6) is 0. The van der Waals surface area contributed by atoms with Crippen molar-refractivity contribution in [3.05, 3.63) is 39.9 Å². The van der Waals surface area contributed by atoms with Crippen LogP contribution < -0.4 is 5.32 Å². The third kappa shape index (κ3) is 3.67. The van der Waals surface area contributed by atoms with Gasteiger partial charge in [-0.15, -0.1) is 0 Å². The average Bonchev–Trinajstić information content (AvgIpc) is 2.46. The van der Waals surface area contributed by atoms with Gasteiger partial charge in [-0.05, 0) is 24.8 Å². The molecule has 0 saturated carbocycles. The molecular formula is C13H17N3O3. The fraction of sp³-hybridized carbons (Fsp3) is 0.462. The number of nitro benzene ring substituents is 1.